The smallest absolute Gasteiger partial charge is 0.116 e. The number of nitrogens with zero attached hydrogens (tertiary/aromatic N) is 1. The molecule has 2 nitrogen and oxygen atoms in total. The Morgan fingerprint density at radius 2 is 1.82 bits per heavy atom. The van der Waals surface area contributed by atoms with Crippen LogP contribution in [-0.2, 0) is 6.42 Å². The third-order valence-electron chi connectivity index (χ3n) is 3.14. The third-order valence-corrected chi connectivity index (χ3v) is 3.14. The van der Waals surface area contributed by atoms with Gasteiger partial charge in [0.05, 0.1) is 0 Å². The van der Waals surface area contributed by atoms with Gasteiger partial charge in [-0.2, -0.15) is 0 Å². The fraction of sp³-hybridized carbons (Fsp3) is 0.0667. The molecule has 0 amide bonds. The van der Waals surface area contributed by atoms with E-state index >= 15 is 0 Å². The van der Waals surface area contributed by atoms with Crippen molar-refractivity contribution in [2.45, 2.75) is 6.42 Å². The molecule has 1 aliphatic heterocycles. The standard InChI is InChI=1S/C15H13NO/c1-2-16-14-6-4-3-5-11(14)9-12-10-13(17)7-8-15(12)16/h2-8,10,17H,1,9H2. The lowest BCUT2D eigenvalue weighted by Crippen LogP contribution is -2.16. The van der Waals surface area contributed by atoms with E-state index in [1.54, 1.807) is 6.07 Å². The van der Waals surface area contributed by atoms with E-state index in [2.05, 4.69) is 23.6 Å². The molecule has 0 unspecified atom stereocenters. The molecule has 2 aromatic carbocycles. The molecular formula is C15H13NO. The van der Waals surface area contributed by atoms with Gasteiger partial charge in [0.15, 0.2) is 0 Å². The predicted molar refractivity (Wildman–Crippen MR) is 69.7 cm³/mol. The van der Waals surface area contributed by atoms with Crippen LogP contribution in [0.25, 0.3) is 0 Å². The van der Waals surface area contributed by atoms with Crippen LogP contribution in [0.15, 0.2) is 55.2 Å². The first-order valence-corrected chi connectivity index (χ1v) is 5.61. The van der Waals surface area contributed by atoms with Crippen molar-refractivity contribution in [3.8, 4) is 5.75 Å². The van der Waals surface area contributed by atoms with Gasteiger partial charge in [-0.15, -0.1) is 0 Å². The van der Waals surface area contributed by atoms with E-state index in [4.69, 9.17) is 0 Å². The second-order valence-corrected chi connectivity index (χ2v) is 4.17. The number of anilines is 2. The first kappa shape index (κ1) is 9.97. The summed E-state index contributed by atoms with van der Waals surface area (Å²) in [5.41, 5.74) is 4.64. The minimum atomic E-state index is 0.312. The van der Waals surface area contributed by atoms with Crippen molar-refractivity contribution in [2.24, 2.45) is 0 Å². The van der Waals surface area contributed by atoms with E-state index in [1.807, 2.05) is 30.5 Å². The van der Waals surface area contributed by atoms with Gasteiger partial charge in [-0.3, -0.25) is 0 Å². The van der Waals surface area contributed by atoms with E-state index in [0.717, 1.165) is 17.7 Å². The number of aromatic hydroxyl groups is 1. The maximum atomic E-state index is 9.55. The van der Waals surface area contributed by atoms with Gasteiger partial charge in [0.25, 0.3) is 0 Å². The van der Waals surface area contributed by atoms with Crippen molar-refractivity contribution in [1.82, 2.24) is 0 Å². The molecule has 0 atom stereocenters. The first-order chi connectivity index (χ1) is 8.29. The molecule has 2 aromatic rings. The summed E-state index contributed by atoms with van der Waals surface area (Å²) in [5.74, 6) is 0.312. The second-order valence-electron chi connectivity index (χ2n) is 4.17. The zero-order valence-corrected chi connectivity index (χ0v) is 9.43. The number of hydrogen-bond donors (Lipinski definition) is 1. The quantitative estimate of drug-likeness (QED) is 0.798. The topological polar surface area (TPSA) is 23.5 Å². The molecular weight excluding hydrogens is 210 g/mol. The zero-order chi connectivity index (χ0) is 11.8. The molecule has 0 radical (unpaired) electrons. The SMILES string of the molecule is C=CN1c2ccccc2Cc2cc(O)ccc21. The highest BCUT2D eigenvalue weighted by Crippen LogP contribution is 2.39. The second kappa shape index (κ2) is 3.67. The van der Waals surface area contributed by atoms with Crippen LogP contribution in [-0.4, -0.2) is 5.11 Å². The maximum absolute atomic E-state index is 9.55. The van der Waals surface area contributed by atoms with Crippen molar-refractivity contribution < 1.29 is 5.11 Å². The molecule has 1 N–H and O–H groups in total. The van der Waals surface area contributed by atoms with Crippen molar-refractivity contribution in [2.75, 3.05) is 4.90 Å². The molecule has 0 fully saturated rings. The van der Waals surface area contributed by atoms with E-state index in [-0.39, 0.29) is 0 Å². The van der Waals surface area contributed by atoms with Crippen LogP contribution in [0.3, 0.4) is 0 Å². The first-order valence-electron chi connectivity index (χ1n) is 5.61. The lowest BCUT2D eigenvalue weighted by Gasteiger charge is -2.30. The largest absolute Gasteiger partial charge is 0.508 e. The van der Waals surface area contributed by atoms with Crippen LogP contribution in [0.5, 0.6) is 5.75 Å². The Bertz CT molecular complexity index is 589. The van der Waals surface area contributed by atoms with Gasteiger partial charge in [-0.25, -0.2) is 0 Å². The minimum Gasteiger partial charge on any atom is -0.508 e. The number of para-hydroxylation sites is 1. The molecule has 0 saturated heterocycles. The van der Waals surface area contributed by atoms with Crippen LogP contribution in [0.4, 0.5) is 11.4 Å². The number of hydrogen-bond acceptors (Lipinski definition) is 2. The van der Waals surface area contributed by atoms with Crippen LogP contribution >= 0.6 is 0 Å². The Kier molecular flexibility index (Phi) is 2.15. The minimum absolute atomic E-state index is 0.312. The predicted octanol–water partition coefficient (Wildman–Crippen LogP) is 3.58. The van der Waals surface area contributed by atoms with Gasteiger partial charge in [0, 0.05) is 24.0 Å². The van der Waals surface area contributed by atoms with Crippen LogP contribution in [0, 0.1) is 0 Å². The van der Waals surface area contributed by atoms with Gasteiger partial charge in [0.1, 0.15) is 5.75 Å². The van der Waals surface area contributed by atoms with Gasteiger partial charge >= 0.3 is 0 Å². The summed E-state index contributed by atoms with van der Waals surface area (Å²) in [6.45, 7) is 3.87. The summed E-state index contributed by atoms with van der Waals surface area (Å²) in [6, 6.07) is 13.7. The highest BCUT2D eigenvalue weighted by atomic mass is 16.3. The Morgan fingerprint density at radius 3 is 2.65 bits per heavy atom. The normalized spacial score (nSPS) is 12.8. The molecule has 0 saturated carbocycles. The summed E-state index contributed by atoms with van der Waals surface area (Å²) >= 11 is 0. The van der Waals surface area contributed by atoms with Crippen LogP contribution in [0.1, 0.15) is 11.1 Å². The van der Waals surface area contributed by atoms with Crippen LogP contribution < -0.4 is 4.90 Å². The zero-order valence-electron chi connectivity index (χ0n) is 9.43. The van der Waals surface area contributed by atoms with Gasteiger partial charge in [0.2, 0.25) is 0 Å². The molecule has 84 valence electrons. The Balaban J connectivity index is 2.22. The highest BCUT2D eigenvalue weighted by molar-refractivity contribution is 5.76. The fourth-order valence-corrected chi connectivity index (χ4v) is 2.38. The lowest BCUT2D eigenvalue weighted by molar-refractivity contribution is 0.474. The molecule has 0 aromatic heterocycles. The molecule has 1 heterocycles. The van der Waals surface area contributed by atoms with E-state index in [1.165, 1.54) is 11.3 Å². The third kappa shape index (κ3) is 1.49. The molecule has 17 heavy (non-hydrogen) atoms. The monoisotopic (exact) mass is 223 g/mol. The van der Waals surface area contributed by atoms with Crippen molar-refractivity contribution in [3.63, 3.8) is 0 Å². The fourth-order valence-electron chi connectivity index (χ4n) is 2.38. The summed E-state index contributed by atoms with van der Waals surface area (Å²) in [7, 11) is 0. The lowest BCUT2D eigenvalue weighted by atomic mass is 9.96. The van der Waals surface area contributed by atoms with E-state index in [0.29, 0.717) is 5.75 Å². The molecule has 1 aliphatic rings. The number of rotatable bonds is 1. The summed E-state index contributed by atoms with van der Waals surface area (Å²) in [6.07, 6.45) is 2.66. The number of phenolic OH excluding ortho intramolecular Hbond substituents is 1. The van der Waals surface area contributed by atoms with E-state index < -0.39 is 0 Å². The highest BCUT2D eigenvalue weighted by Gasteiger charge is 2.20. The average molecular weight is 223 g/mol. The number of phenols is 1. The van der Waals surface area contributed by atoms with Crippen molar-refractivity contribution >= 4 is 11.4 Å². The van der Waals surface area contributed by atoms with Gasteiger partial charge in [-0.1, -0.05) is 24.8 Å². The molecule has 0 aliphatic carbocycles. The molecule has 2 heteroatoms. The van der Waals surface area contributed by atoms with Gasteiger partial charge in [-0.05, 0) is 35.4 Å². The molecule has 0 bridgehead atoms. The Morgan fingerprint density at radius 1 is 1.06 bits per heavy atom. The maximum Gasteiger partial charge on any atom is 0.116 e. The van der Waals surface area contributed by atoms with Crippen molar-refractivity contribution in [3.05, 3.63) is 66.4 Å². The number of benzene rings is 2. The van der Waals surface area contributed by atoms with Crippen LogP contribution in [0.2, 0.25) is 0 Å². The Hall–Kier alpha value is -2.22. The Labute approximate surface area is 100 Å². The molecule has 0 spiro atoms. The summed E-state index contributed by atoms with van der Waals surface area (Å²) in [5, 5.41) is 9.55. The van der Waals surface area contributed by atoms with Crippen molar-refractivity contribution in [1.29, 1.82) is 0 Å². The summed E-state index contributed by atoms with van der Waals surface area (Å²) < 4.78 is 0. The summed E-state index contributed by atoms with van der Waals surface area (Å²) in [4.78, 5) is 2.06. The number of fused-ring (bicyclic) bond motifs is 2. The average Bonchev–Trinajstić information content (AvgIpc) is 2.35. The van der Waals surface area contributed by atoms with E-state index in [9.17, 15) is 5.11 Å². The molecule has 3 rings (SSSR count). The van der Waals surface area contributed by atoms with Gasteiger partial charge < -0.3 is 10.0 Å².